The average Bonchev–Trinajstić information content (AvgIpc) is 3.37. The molecule has 0 fully saturated rings. The minimum absolute atomic E-state index is 0.00514. The van der Waals surface area contributed by atoms with Crippen molar-refractivity contribution in [3.63, 3.8) is 0 Å². The van der Waals surface area contributed by atoms with Gasteiger partial charge >= 0.3 is 0 Å². The minimum Gasteiger partial charge on any atom is -0.342 e. The molecule has 4 aromatic rings. The number of carbonyl (C=O) groups is 2. The van der Waals surface area contributed by atoms with Crippen molar-refractivity contribution in [1.29, 1.82) is 0 Å². The van der Waals surface area contributed by atoms with Crippen LogP contribution in [0.1, 0.15) is 36.1 Å². The summed E-state index contributed by atoms with van der Waals surface area (Å²) in [5.74, 6) is 0.191. The number of nitrogens with one attached hydrogen (secondary N) is 2. The number of hydrogen-bond donors (Lipinski definition) is 2. The molecule has 0 bridgehead atoms. The fourth-order valence-electron chi connectivity index (χ4n) is 3.88. The number of thioether (sulfide) groups is 1. The van der Waals surface area contributed by atoms with Gasteiger partial charge < -0.3 is 15.2 Å². The molecule has 0 spiro atoms. The third kappa shape index (κ3) is 8.12. The van der Waals surface area contributed by atoms with Crippen molar-refractivity contribution in [3.05, 3.63) is 108 Å². The third-order valence-corrected chi connectivity index (χ3v) is 7.22. The second-order valence-electron chi connectivity index (χ2n) is 9.33. The number of azo groups is 1. The summed E-state index contributed by atoms with van der Waals surface area (Å²) in [6.07, 6.45) is 1.72. The van der Waals surface area contributed by atoms with Crippen LogP contribution in [0.4, 0.5) is 17.1 Å². The van der Waals surface area contributed by atoms with Crippen molar-refractivity contribution in [3.8, 4) is 0 Å². The Labute approximate surface area is 248 Å². The second-order valence-corrected chi connectivity index (χ2v) is 10.7. The summed E-state index contributed by atoms with van der Waals surface area (Å²) in [6.45, 7) is 8.23. The number of rotatable bonds is 12. The summed E-state index contributed by atoms with van der Waals surface area (Å²) < 4.78 is 1.86. The Morgan fingerprint density at radius 3 is 2.29 bits per heavy atom. The number of aromatic nitrogens is 3. The zero-order valence-electron chi connectivity index (χ0n) is 22.7. The topological polar surface area (TPSA) is 114 Å². The number of benzene rings is 3. The molecule has 210 valence electrons. The number of nitrogens with zero attached hydrogens (tertiary/aromatic N) is 5. The van der Waals surface area contributed by atoms with E-state index >= 15 is 0 Å². The van der Waals surface area contributed by atoms with Crippen LogP contribution in [0.2, 0.25) is 5.02 Å². The normalized spacial score (nSPS) is 11.9. The first-order valence-corrected chi connectivity index (χ1v) is 14.3. The van der Waals surface area contributed by atoms with E-state index in [4.69, 9.17) is 11.6 Å². The van der Waals surface area contributed by atoms with Gasteiger partial charge in [0, 0.05) is 12.2 Å². The highest BCUT2D eigenvalue weighted by molar-refractivity contribution is 7.99. The van der Waals surface area contributed by atoms with Crippen molar-refractivity contribution < 1.29 is 9.59 Å². The van der Waals surface area contributed by atoms with Crippen LogP contribution in [0.15, 0.2) is 107 Å². The van der Waals surface area contributed by atoms with Crippen molar-refractivity contribution in [2.24, 2.45) is 16.1 Å². The van der Waals surface area contributed by atoms with E-state index in [2.05, 4.69) is 37.6 Å². The third-order valence-electron chi connectivity index (χ3n) is 5.93. The largest absolute Gasteiger partial charge is 0.342 e. The van der Waals surface area contributed by atoms with Gasteiger partial charge in [0.1, 0.15) is 0 Å². The molecule has 4 rings (SSSR count). The highest BCUT2D eigenvalue weighted by Crippen LogP contribution is 2.27. The van der Waals surface area contributed by atoms with Crippen molar-refractivity contribution in [2.75, 3.05) is 11.1 Å². The summed E-state index contributed by atoms with van der Waals surface area (Å²) in [5, 5.41) is 24.0. The van der Waals surface area contributed by atoms with E-state index in [0.29, 0.717) is 39.5 Å². The second kappa shape index (κ2) is 14.4. The zero-order chi connectivity index (χ0) is 29.2. The maximum atomic E-state index is 13.0. The first-order chi connectivity index (χ1) is 19.9. The monoisotopic (exact) mass is 587 g/mol. The van der Waals surface area contributed by atoms with Gasteiger partial charge in [-0.25, -0.2) is 0 Å². The lowest BCUT2D eigenvalue weighted by Gasteiger charge is -2.23. The standard InChI is InChI=1S/C30H30ClN7O2S/c1-4-18-38-28(27(20(2)3)33-29(40)24-12-8-9-13-25(24)31)36-37-30(38)41-19-26(39)32-21-14-16-23(17-15-21)35-34-22-10-6-5-7-11-22/h4-17,20,27H,1,18-19H2,2-3H3,(H,32,39)(H,33,40)/t27-/m0/s1. The van der Waals surface area contributed by atoms with Crippen LogP contribution in [-0.2, 0) is 11.3 Å². The van der Waals surface area contributed by atoms with Crippen LogP contribution in [0.25, 0.3) is 0 Å². The minimum atomic E-state index is -0.438. The summed E-state index contributed by atoms with van der Waals surface area (Å²) in [5.41, 5.74) is 2.46. The fourth-order valence-corrected chi connectivity index (χ4v) is 4.86. The van der Waals surface area contributed by atoms with Gasteiger partial charge in [0.25, 0.3) is 5.91 Å². The SMILES string of the molecule is C=CCn1c(SCC(=O)Nc2ccc(N=Nc3ccccc3)cc2)nnc1[C@@H](NC(=O)c1ccccc1Cl)C(C)C. The quantitative estimate of drug-likeness (QED) is 0.102. The van der Waals surface area contributed by atoms with Crippen LogP contribution in [0.5, 0.6) is 0 Å². The van der Waals surface area contributed by atoms with Gasteiger partial charge in [0.15, 0.2) is 11.0 Å². The molecule has 11 heteroatoms. The number of carbonyl (C=O) groups excluding carboxylic acids is 2. The van der Waals surface area contributed by atoms with E-state index in [1.165, 1.54) is 11.8 Å². The molecule has 0 radical (unpaired) electrons. The first kappa shape index (κ1) is 29.7. The molecular formula is C30H30ClN7O2S. The van der Waals surface area contributed by atoms with Crippen molar-refractivity contribution in [2.45, 2.75) is 31.6 Å². The molecule has 0 aliphatic heterocycles. The Kier molecular flexibility index (Phi) is 10.4. The molecule has 1 atom stereocenters. The smallest absolute Gasteiger partial charge is 0.253 e. The summed E-state index contributed by atoms with van der Waals surface area (Å²) in [7, 11) is 0. The van der Waals surface area contributed by atoms with Gasteiger partial charge in [-0.15, -0.1) is 16.8 Å². The lowest BCUT2D eigenvalue weighted by molar-refractivity contribution is -0.113. The number of hydrogen-bond acceptors (Lipinski definition) is 7. The van der Waals surface area contributed by atoms with Crippen molar-refractivity contribution in [1.82, 2.24) is 20.1 Å². The molecule has 3 aromatic carbocycles. The molecular weight excluding hydrogens is 558 g/mol. The van der Waals surface area contributed by atoms with Crippen LogP contribution in [0, 0.1) is 5.92 Å². The van der Waals surface area contributed by atoms with E-state index in [9.17, 15) is 9.59 Å². The van der Waals surface area contributed by atoms with Crippen LogP contribution >= 0.6 is 23.4 Å². The molecule has 1 heterocycles. The Morgan fingerprint density at radius 2 is 1.63 bits per heavy atom. The Morgan fingerprint density at radius 1 is 0.976 bits per heavy atom. The Bertz CT molecular complexity index is 1520. The number of amides is 2. The predicted molar refractivity (Wildman–Crippen MR) is 163 cm³/mol. The van der Waals surface area contributed by atoms with Gasteiger partial charge in [-0.1, -0.05) is 73.6 Å². The average molecular weight is 588 g/mol. The molecule has 2 amide bonds. The molecule has 9 nitrogen and oxygen atoms in total. The van der Waals surface area contributed by atoms with E-state index in [0.717, 1.165) is 5.69 Å². The van der Waals surface area contributed by atoms with Gasteiger partial charge in [0.2, 0.25) is 5.91 Å². The maximum absolute atomic E-state index is 13.0. The number of halogens is 1. The highest BCUT2D eigenvalue weighted by Gasteiger charge is 2.27. The maximum Gasteiger partial charge on any atom is 0.253 e. The van der Waals surface area contributed by atoms with Crippen LogP contribution < -0.4 is 10.6 Å². The lowest BCUT2D eigenvalue weighted by atomic mass is 10.0. The molecule has 1 aromatic heterocycles. The van der Waals surface area contributed by atoms with Crippen molar-refractivity contribution >= 4 is 52.2 Å². The molecule has 0 saturated heterocycles. The Hall–Kier alpha value is -4.28. The molecule has 2 N–H and O–H groups in total. The Balaban J connectivity index is 1.40. The van der Waals surface area contributed by atoms with Crippen LogP contribution in [0.3, 0.4) is 0 Å². The first-order valence-electron chi connectivity index (χ1n) is 12.9. The highest BCUT2D eigenvalue weighted by atomic mass is 35.5. The van der Waals surface area contributed by atoms with E-state index in [-0.39, 0.29) is 23.5 Å². The molecule has 0 saturated carbocycles. The summed E-state index contributed by atoms with van der Waals surface area (Å²) >= 11 is 7.48. The van der Waals surface area contributed by atoms with E-state index in [1.807, 2.05) is 48.7 Å². The van der Waals surface area contributed by atoms with Gasteiger partial charge in [-0.3, -0.25) is 9.59 Å². The van der Waals surface area contributed by atoms with E-state index in [1.54, 1.807) is 54.6 Å². The molecule has 0 unspecified atom stereocenters. The molecule has 0 aliphatic rings. The lowest BCUT2D eigenvalue weighted by Crippen LogP contribution is -2.34. The van der Waals surface area contributed by atoms with Gasteiger partial charge in [-0.05, 0) is 54.4 Å². The zero-order valence-corrected chi connectivity index (χ0v) is 24.3. The number of anilines is 1. The fraction of sp³-hybridized carbons (Fsp3) is 0.200. The predicted octanol–water partition coefficient (Wildman–Crippen LogP) is 7.39. The number of allylic oxidation sites excluding steroid dienone is 1. The molecule has 41 heavy (non-hydrogen) atoms. The van der Waals surface area contributed by atoms with Gasteiger partial charge in [0.05, 0.1) is 33.8 Å². The summed E-state index contributed by atoms with van der Waals surface area (Å²) in [6, 6.07) is 23.0. The summed E-state index contributed by atoms with van der Waals surface area (Å²) in [4.78, 5) is 25.7. The van der Waals surface area contributed by atoms with Crippen LogP contribution in [-0.4, -0.2) is 32.3 Å². The van der Waals surface area contributed by atoms with Gasteiger partial charge in [-0.2, -0.15) is 10.2 Å². The van der Waals surface area contributed by atoms with E-state index < -0.39 is 6.04 Å². The molecule has 0 aliphatic carbocycles.